The number of carbonyl (C=O) groups excluding carboxylic acids is 4. The third-order valence-electron chi connectivity index (χ3n) is 8.75. The normalized spacial score (nSPS) is 13.2. The van der Waals surface area contributed by atoms with E-state index >= 15 is 0 Å². The molecule has 1 aromatic heterocycles. The maximum absolute atomic E-state index is 13.8. The molecule has 0 spiro atoms. The minimum absolute atomic E-state index is 0.0135. The van der Waals surface area contributed by atoms with Gasteiger partial charge in [0.2, 0.25) is 11.8 Å². The van der Waals surface area contributed by atoms with Gasteiger partial charge in [0.15, 0.2) is 5.60 Å². The fraction of sp³-hybridized carbons (Fsp3) is 0.537. The van der Waals surface area contributed by atoms with Gasteiger partial charge in [-0.05, 0) is 62.4 Å². The topological polar surface area (TPSA) is 181 Å². The zero-order chi connectivity index (χ0) is 38.9. The SMILES string of the molecule is CC#CCOc1ccc(C[C@H](NC(=O)[C@@H](/C=C/CCCCCCC(=O)CCCCCCC)[C@@](O)(CC(=O)NCc2ccco2)C(=O)O)C(=O)OC)cc1. The molecule has 53 heavy (non-hydrogen) atoms. The highest BCUT2D eigenvalue weighted by Gasteiger charge is 2.49. The third kappa shape index (κ3) is 17.0. The number of Topliss-reactive ketones (excluding diaryl/α,β-unsaturated/α-hetero) is 1. The zero-order valence-electron chi connectivity index (χ0n) is 31.3. The van der Waals surface area contributed by atoms with Crippen LogP contribution in [0.5, 0.6) is 5.75 Å². The number of nitrogens with one attached hydrogen (secondary N) is 2. The molecule has 0 aliphatic heterocycles. The molecule has 2 aromatic rings. The smallest absolute Gasteiger partial charge is 0.337 e. The Bertz CT molecular complexity index is 1510. The fourth-order valence-corrected chi connectivity index (χ4v) is 5.66. The van der Waals surface area contributed by atoms with E-state index < -0.39 is 47.7 Å². The molecule has 12 heteroatoms. The summed E-state index contributed by atoms with van der Waals surface area (Å²) in [7, 11) is 1.16. The summed E-state index contributed by atoms with van der Waals surface area (Å²) in [4.78, 5) is 64.3. The van der Waals surface area contributed by atoms with Crippen molar-refractivity contribution in [1.82, 2.24) is 10.6 Å². The molecule has 2 rings (SSSR count). The van der Waals surface area contributed by atoms with Crippen LogP contribution in [0.1, 0.15) is 109 Å². The molecule has 1 heterocycles. The first-order valence-electron chi connectivity index (χ1n) is 18.5. The van der Waals surface area contributed by atoms with Gasteiger partial charge in [0, 0.05) is 19.3 Å². The quantitative estimate of drug-likeness (QED) is 0.0376. The summed E-state index contributed by atoms with van der Waals surface area (Å²) in [6.45, 7) is 4.01. The molecule has 1 aromatic carbocycles. The monoisotopic (exact) mass is 736 g/mol. The van der Waals surface area contributed by atoms with Gasteiger partial charge in [0.1, 0.15) is 29.9 Å². The van der Waals surface area contributed by atoms with Gasteiger partial charge in [0.25, 0.3) is 0 Å². The highest BCUT2D eigenvalue weighted by Crippen LogP contribution is 2.26. The highest BCUT2D eigenvalue weighted by molar-refractivity contribution is 5.95. The number of methoxy groups -OCH3 is 1. The molecule has 290 valence electrons. The number of aliphatic hydroxyl groups is 1. The number of allylic oxidation sites excluding steroid dienone is 1. The van der Waals surface area contributed by atoms with Crippen molar-refractivity contribution in [2.75, 3.05) is 13.7 Å². The number of furan rings is 1. The number of rotatable bonds is 27. The summed E-state index contributed by atoms with van der Waals surface area (Å²) in [6, 6.07) is 8.78. The van der Waals surface area contributed by atoms with Gasteiger partial charge in [-0.25, -0.2) is 9.59 Å². The number of ether oxygens (including phenoxy) is 2. The molecular formula is C41H56N2O10. The molecule has 3 atom stereocenters. The van der Waals surface area contributed by atoms with Gasteiger partial charge in [-0.1, -0.05) is 75.7 Å². The van der Waals surface area contributed by atoms with Crippen LogP contribution in [-0.2, 0) is 41.7 Å². The lowest BCUT2D eigenvalue weighted by atomic mass is 9.82. The van der Waals surface area contributed by atoms with E-state index in [-0.39, 0.29) is 25.4 Å². The Morgan fingerprint density at radius 3 is 2.25 bits per heavy atom. The van der Waals surface area contributed by atoms with E-state index in [2.05, 4.69) is 29.4 Å². The summed E-state index contributed by atoms with van der Waals surface area (Å²) in [5.41, 5.74) is -2.23. The average molecular weight is 737 g/mol. The first kappa shape index (κ1) is 44.3. The van der Waals surface area contributed by atoms with Crippen molar-refractivity contribution < 1.29 is 48.1 Å². The Labute approximate surface area is 313 Å². The Kier molecular flexibility index (Phi) is 21.0. The third-order valence-corrected chi connectivity index (χ3v) is 8.75. The number of amides is 2. The number of ketones is 1. The molecule has 0 bridgehead atoms. The van der Waals surface area contributed by atoms with Crippen LogP contribution >= 0.6 is 0 Å². The van der Waals surface area contributed by atoms with E-state index in [1.165, 1.54) is 25.2 Å². The predicted molar refractivity (Wildman–Crippen MR) is 200 cm³/mol. The van der Waals surface area contributed by atoms with Gasteiger partial charge in [-0.15, -0.1) is 5.92 Å². The number of unbranched alkanes of at least 4 members (excludes halogenated alkanes) is 8. The van der Waals surface area contributed by atoms with Crippen LogP contribution in [0, 0.1) is 17.8 Å². The van der Waals surface area contributed by atoms with E-state index in [1.54, 1.807) is 49.4 Å². The minimum atomic E-state index is -2.87. The number of hydrogen-bond donors (Lipinski definition) is 4. The van der Waals surface area contributed by atoms with Crippen molar-refractivity contribution >= 4 is 29.5 Å². The number of aliphatic carboxylic acids is 1. The second kappa shape index (κ2) is 25.1. The number of benzene rings is 1. The number of esters is 1. The molecule has 12 nitrogen and oxygen atoms in total. The van der Waals surface area contributed by atoms with Gasteiger partial charge in [-0.2, -0.15) is 0 Å². The first-order chi connectivity index (χ1) is 25.5. The minimum Gasteiger partial charge on any atom is -0.481 e. The second-order valence-corrected chi connectivity index (χ2v) is 13.0. The molecule has 0 radical (unpaired) electrons. The van der Waals surface area contributed by atoms with Crippen LogP contribution < -0.4 is 15.4 Å². The van der Waals surface area contributed by atoms with E-state index in [0.717, 1.165) is 45.6 Å². The molecule has 0 saturated heterocycles. The van der Waals surface area contributed by atoms with Crippen LogP contribution in [0.15, 0.2) is 59.2 Å². The summed E-state index contributed by atoms with van der Waals surface area (Å²) in [6.07, 6.45) is 13.6. The van der Waals surface area contributed by atoms with E-state index in [1.807, 2.05) is 0 Å². The molecule has 0 unspecified atom stereocenters. The van der Waals surface area contributed by atoms with Gasteiger partial charge < -0.3 is 34.7 Å². The van der Waals surface area contributed by atoms with Crippen molar-refractivity contribution in [3.05, 3.63) is 66.1 Å². The predicted octanol–water partition coefficient (Wildman–Crippen LogP) is 5.85. The maximum atomic E-state index is 13.8. The number of carboxylic acids is 1. The lowest BCUT2D eigenvalue weighted by Crippen LogP contribution is -2.56. The highest BCUT2D eigenvalue weighted by atomic mass is 16.5. The van der Waals surface area contributed by atoms with E-state index in [9.17, 15) is 34.2 Å². The molecule has 0 aliphatic carbocycles. The van der Waals surface area contributed by atoms with Crippen molar-refractivity contribution in [2.45, 2.75) is 122 Å². The van der Waals surface area contributed by atoms with Crippen molar-refractivity contribution in [3.8, 4) is 17.6 Å². The average Bonchev–Trinajstić information content (AvgIpc) is 3.67. The summed E-state index contributed by atoms with van der Waals surface area (Å²) >= 11 is 0. The van der Waals surface area contributed by atoms with Gasteiger partial charge in [-0.3, -0.25) is 14.4 Å². The van der Waals surface area contributed by atoms with Crippen LogP contribution in [0.25, 0.3) is 0 Å². The maximum Gasteiger partial charge on any atom is 0.337 e. The zero-order valence-corrected chi connectivity index (χ0v) is 31.3. The molecule has 2 amide bonds. The number of carboxylic acid groups (broad SMARTS) is 1. The standard InChI is InChI=1S/C41H56N2O10/c1-4-6-8-11-14-18-32(44)19-15-12-9-10-13-16-21-35(41(50,40(48)49)29-37(45)42-30-34-20-17-27-53-34)38(46)43-36(39(47)51-3)28-31-22-24-33(25-23-31)52-26-7-5-2/h16-17,20-25,27,35-36,50H,4,6,8-15,18-19,26,28-30H2,1-3H3,(H,42,45)(H,43,46)(H,48,49)/b21-16+/t35-,36+,41+/m1/s1. The van der Waals surface area contributed by atoms with Crippen LogP contribution in [0.4, 0.5) is 0 Å². The number of hydrogen-bond acceptors (Lipinski definition) is 9. The Morgan fingerprint density at radius 2 is 1.64 bits per heavy atom. The van der Waals surface area contributed by atoms with Crippen molar-refractivity contribution in [1.29, 1.82) is 0 Å². The lowest BCUT2D eigenvalue weighted by Gasteiger charge is -2.30. The summed E-state index contributed by atoms with van der Waals surface area (Å²) < 4.78 is 15.7. The molecule has 0 fully saturated rings. The van der Waals surface area contributed by atoms with E-state index in [0.29, 0.717) is 42.8 Å². The molecule has 0 saturated carbocycles. The van der Waals surface area contributed by atoms with Crippen LogP contribution in [0.3, 0.4) is 0 Å². The second-order valence-electron chi connectivity index (χ2n) is 13.0. The largest absolute Gasteiger partial charge is 0.481 e. The first-order valence-corrected chi connectivity index (χ1v) is 18.5. The fourth-order valence-electron chi connectivity index (χ4n) is 5.66. The van der Waals surface area contributed by atoms with Crippen LogP contribution in [0.2, 0.25) is 0 Å². The lowest BCUT2D eigenvalue weighted by molar-refractivity contribution is -0.169. The molecule has 0 aliphatic rings. The summed E-state index contributed by atoms with van der Waals surface area (Å²) in [5.74, 6) is 0.640. The van der Waals surface area contributed by atoms with Gasteiger partial charge in [0.05, 0.1) is 32.3 Å². The van der Waals surface area contributed by atoms with Crippen molar-refractivity contribution in [2.24, 2.45) is 5.92 Å². The van der Waals surface area contributed by atoms with Crippen molar-refractivity contribution in [3.63, 3.8) is 0 Å². The number of carbonyl (C=O) groups is 5. The van der Waals surface area contributed by atoms with Crippen LogP contribution in [-0.4, -0.2) is 65.1 Å². The summed E-state index contributed by atoms with van der Waals surface area (Å²) in [5, 5.41) is 26.8. The Balaban J connectivity index is 2.14. The molecule has 4 N–H and O–H groups in total. The van der Waals surface area contributed by atoms with Gasteiger partial charge >= 0.3 is 11.9 Å². The Hall–Kier alpha value is -4.89. The molecular weight excluding hydrogens is 680 g/mol. The Morgan fingerprint density at radius 1 is 0.962 bits per heavy atom. The van der Waals surface area contributed by atoms with E-state index in [4.69, 9.17) is 13.9 Å².